The molecule has 0 saturated heterocycles. The monoisotopic (exact) mass is 288 g/mol. The highest BCUT2D eigenvalue weighted by Crippen LogP contribution is 2.39. The molecule has 2 heterocycles. The normalized spacial score (nSPS) is 23.9. The number of benzene rings is 1. The number of hydrogen-bond donors (Lipinski definition) is 1. The summed E-state index contributed by atoms with van der Waals surface area (Å²) < 4.78 is 7.32. The van der Waals surface area contributed by atoms with Crippen LogP contribution in [0.3, 0.4) is 0 Å². The van der Waals surface area contributed by atoms with E-state index in [0.717, 1.165) is 22.3 Å². The van der Waals surface area contributed by atoms with Crippen LogP contribution in [0.2, 0.25) is 0 Å². The molecule has 2 unspecified atom stereocenters. The smallest absolute Gasteiger partial charge is 0.210 e. The molecule has 104 valence electrons. The van der Waals surface area contributed by atoms with Crippen LogP contribution < -0.4 is 10.2 Å². The molecule has 20 heavy (non-hydrogen) atoms. The Balaban J connectivity index is 1.73. The van der Waals surface area contributed by atoms with Gasteiger partial charge in [0.05, 0.1) is 13.2 Å². The van der Waals surface area contributed by atoms with Crippen LogP contribution in [-0.4, -0.2) is 33.3 Å². The van der Waals surface area contributed by atoms with Gasteiger partial charge in [0.15, 0.2) is 5.82 Å². The van der Waals surface area contributed by atoms with Gasteiger partial charge < -0.3 is 10.2 Å². The van der Waals surface area contributed by atoms with Crippen LogP contribution in [0.25, 0.3) is 11.4 Å². The van der Waals surface area contributed by atoms with E-state index in [4.69, 9.17) is 4.74 Å². The van der Waals surface area contributed by atoms with Gasteiger partial charge in [0.1, 0.15) is 5.75 Å². The molecule has 2 atom stereocenters. The molecule has 1 aliphatic carbocycles. The lowest BCUT2D eigenvalue weighted by Gasteiger charge is -2.28. The standard InChI is InChI=1S/C14H16N4OS/c1-19-10-5-2-4-9(8-10)13-15-16-14-18(13)17-11-6-3-7-12(11)20-14/h2,4-5,8,11-12,17H,3,6-7H2,1H3. The maximum Gasteiger partial charge on any atom is 0.210 e. The van der Waals surface area contributed by atoms with Gasteiger partial charge in [-0.3, -0.25) is 0 Å². The maximum atomic E-state index is 5.28. The third-order valence-corrected chi connectivity index (χ3v) is 5.31. The molecule has 0 bridgehead atoms. The van der Waals surface area contributed by atoms with Gasteiger partial charge in [-0.05, 0) is 25.0 Å². The fourth-order valence-electron chi connectivity index (χ4n) is 2.93. The lowest BCUT2D eigenvalue weighted by molar-refractivity contribution is 0.415. The molecule has 5 nitrogen and oxygen atoms in total. The zero-order chi connectivity index (χ0) is 13.5. The molecule has 2 aliphatic rings. The van der Waals surface area contributed by atoms with Gasteiger partial charge in [0.25, 0.3) is 0 Å². The number of nitrogens with one attached hydrogen (secondary N) is 1. The Labute approximate surface area is 121 Å². The first-order valence-electron chi connectivity index (χ1n) is 6.88. The molecule has 2 aromatic rings. The highest BCUT2D eigenvalue weighted by Gasteiger charge is 2.35. The van der Waals surface area contributed by atoms with E-state index in [-0.39, 0.29) is 0 Å². The number of ether oxygens (including phenoxy) is 1. The van der Waals surface area contributed by atoms with Crippen molar-refractivity contribution in [2.45, 2.75) is 35.7 Å². The molecule has 1 N–H and O–H groups in total. The maximum absolute atomic E-state index is 5.28. The largest absolute Gasteiger partial charge is 0.497 e. The molecular formula is C14H16N4OS. The van der Waals surface area contributed by atoms with Gasteiger partial charge in [-0.2, -0.15) is 0 Å². The Morgan fingerprint density at radius 1 is 1.35 bits per heavy atom. The Kier molecular flexibility index (Phi) is 2.84. The highest BCUT2D eigenvalue weighted by atomic mass is 32.2. The molecule has 1 aromatic heterocycles. The van der Waals surface area contributed by atoms with Crippen molar-refractivity contribution in [1.29, 1.82) is 0 Å². The number of hydrogen-bond acceptors (Lipinski definition) is 5. The van der Waals surface area contributed by atoms with Crippen molar-refractivity contribution in [3.05, 3.63) is 24.3 Å². The summed E-state index contributed by atoms with van der Waals surface area (Å²) in [5.74, 6) is 1.69. The second kappa shape index (κ2) is 4.70. The minimum atomic E-state index is 0.535. The second-order valence-corrected chi connectivity index (χ2v) is 6.40. The van der Waals surface area contributed by atoms with E-state index in [9.17, 15) is 0 Å². The minimum absolute atomic E-state index is 0.535. The van der Waals surface area contributed by atoms with Gasteiger partial charge in [0.2, 0.25) is 5.16 Å². The van der Waals surface area contributed by atoms with Crippen LogP contribution in [-0.2, 0) is 0 Å². The summed E-state index contributed by atoms with van der Waals surface area (Å²) in [5.41, 5.74) is 4.59. The van der Waals surface area contributed by atoms with Crippen molar-refractivity contribution < 1.29 is 4.74 Å². The Morgan fingerprint density at radius 2 is 2.30 bits per heavy atom. The Bertz CT molecular complexity index is 642. The second-order valence-electron chi connectivity index (χ2n) is 5.20. The van der Waals surface area contributed by atoms with Crippen LogP contribution in [0.4, 0.5) is 0 Å². The Morgan fingerprint density at radius 3 is 3.20 bits per heavy atom. The zero-order valence-electron chi connectivity index (χ0n) is 11.2. The lowest BCUT2D eigenvalue weighted by Crippen LogP contribution is -2.37. The lowest BCUT2D eigenvalue weighted by atomic mass is 10.2. The summed E-state index contributed by atoms with van der Waals surface area (Å²) in [7, 11) is 1.68. The van der Waals surface area contributed by atoms with Gasteiger partial charge in [-0.1, -0.05) is 30.3 Å². The van der Waals surface area contributed by atoms with Crippen molar-refractivity contribution in [2.24, 2.45) is 0 Å². The van der Waals surface area contributed by atoms with E-state index < -0.39 is 0 Å². The van der Waals surface area contributed by atoms with Crippen molar-refractivity contribution >= 4 is 11.8 Å². The predicted molar refractivity (Wildman–Crippen MR) is 78.7 cm³/mol. The third-order valence-electron chi connectivity index (χ3n) is 3.97. The minimum Gasteiger partial charge on any atom is -0.497 e. The van der Waals surface area contributed by atoms with E-state index in [1.54, 1.807) is 7.11 Å². The number of thioether (sulfide) groups is 1. The molecular weight excluding hydrogens is 272 g/mol. The predicted octanol–water partition coefficient (Wildman–Crippen LogP) is 2.52. The molecule has 0 spiro atoms. The molecule has 1 fully saturated rings. The first-order valence-corrected chi connectivity index (χ1v) is 7.76. The van der Waals surface area contributed by atoms with E-state index in [0.29, 0.717) is 11.3 Å². The summed E-state index contributed by atoms with van der Waals surface area (Å²) in [6, 6.07) is 8.47. The van der Waals surface area contributed by atoms with Gasteiger partial charge in [-0.15, -0.1) is 10.2 Å². The molecule has 1 saturated carbocycles. The van der Waals surface area contributed by atoms with Crippen molar-refractivity contribution in [3.63, 3.8) is 0 Å². The number of aromatic nitrogens is 3. The molecule has 6 heteroatoms. The summed E-state index contributed by atoms with van der Waals surface area (Å²) in [5, 5.41) is 10.3. The van der Waals surface area contributed by atoms with Crippen LogP contribution in [0.15, 0.2) is 29.4 Å². The number of nitrogens with zero attached hydrogens (tertiary/aromatic N) is 3. The molecule has 1 aromatic carbocycles. The van der Waals surface area contributed by atoms with Crippen LogP contribution >= 0.6 is 11.8 Å². The zero-order valence-corrected chi connectivity index (χ0v) is 12.1. The van der Waals surface area contributed by atoms with Gasteiger partial charge in [0, 0.05) is 10.8 Å². The van der Waals surface area contributed by atoms with Gasteiger partial charge >= 0.3 is 0 Å². The van der Waals surface area contributed by atoms with E-state index in [2.05, 4.69) is 15.6 Å². The first-order chi connectivity index (χ1) is 9.85. The Hall–Kier alpha value is -1.69. The molecule has 4 rings (SSSR count). The van der Waals surface area contributed by atoms with Crippen molar-refractivity contribution in [3.8, 4) is 17.1 Å². The van der Waals surface area contributed by atoms with E-state index >= 15 is 0 Å². The fraction of sp³-hybridized carbons (Fsp3) is 0.429. The molecule has 0 amide bonds. The quantitative estimate of drug-likeness (QED) is 0.920. The number of fused-ring (bicyclic) bond motifs is 2. The summed E-state index contributed by atoms with van der Waals surface area (Å²) >= 11 is 1.85. The van der Waals surface area contributed by atoms with Crippen molar-refractivity contribution in [1.82, 2.24) is 14.9 Å². The van der Waals surface area contributed by atoms with Crippen molar-refractivity contribution in [2.75, 3.05) is 12.5 Å². The fourth-order valence-corrected chi connectivity index (χ4v) is 4.18. The topological polar surface area (TPSA) is 52.0 Å². The van der Waals surface area contributed by atoms with Crippen LogP contribution in [0, 0.1) is 0 Å². The highest BCUT2D eigenvalue weighted by molar-refractivity contribution is 7.99. The summed E-state index contributed by atoms with van der Waals surface area (Å²) in [6.45, 7) is 0. The van der Waals surface area contributed by atoms with Crippen LogP contribution in [0.1, 0.15) is 19.3 Å². The van der Waals surface area contributed by atoms with Gasteiger partial charge in [-0.25, -0.2) is 4.68 Å². The van der Waals surface area contributed by atoms with Crippen LogP contribution in [0.5, 0.6) is 5.75 Å². The summed E-state index contributed by atoms with van der Waals surface area (Å²) in [4.78, 5) is 0. The third kappa shape index (κ3) is 1.86. The molecule has 1 aliphatic heterocycles. The van der Waals surface area contributed by atoms with E-state index in [1.807, 2.05) is 40.7 Å². The first kappa shape index (κ1) is 12.1. The molecule has 0 radical (unpaired) electrons. The summed E-state index contributed by atoms with van der Waals surface area (Å²) in [6.07, 6.45) is 3.79. The average molecular weight is 288 g/mol. The number of rotatable bonds is 2. The SMILES string of the molecule is COc1cccc(-c2nnc3n2NC2CCCC2S3)c1. The van der Waals surface area contributed by atoms with E-state index in [1.165, 1.54) is 19.3 Å². The number of methoxy groups -OCH3 is 1. The average Bonchev–Trinajstić information content (AvgIpc) is 3.10.